The van der Waals surface area contributed by atoms with E-state index in [4.69, 9.17) is 5.73 Å². The number of aliphatic hydroxyl groups is 1. The number of unbranched alkanes of at least 4 members (excludes halogenated alkanes) is 2. The molecule has 0 unspecified atom stereocenters. The van der Waals surface area contributed by atoms with Crippen LogP contribution in [0.5, 0.6) is 0 Å². The Morgan fingerprint density at radius 1 is 0.843 bits per heavy atom. The number of nitrogens with one attached hydrogen (secondary N) is 7. The number of nitrogens with two attached hydrogens (primary N) is 1. The van der Waals surface area contributed by atoms with Gasteiger partial charge in [-0.3, -0.25) is 33.4 Å². The minimum absolute atomic E-state index is 0.0252. The van der Waals surface area contributed by atoms with Crippen molar-refractivity contribution < 1.29 is 33.9 Å². The van der Waals surface area contributed by atoms with Crippen molar-refractivity contribution >= 4 is 35.4 Å². The van der Waals surface area contributed by atoms with E-state index in [1.54, 1.807) is 17.8 Å². The number of H-pyrrole nitrogens is 2. The highest BCUT2D eigenvalue weighted by Gasteiger charge is 2.24. The zero-order valence-corrected chi connectivity index (χ0v) is 28.7. The van der Waals surface area contributed by atoms with Crippen LogP contribution in [0.15, 0.2) is 31.2 Å². The molecule has 278 valence electrons. The SMILES string of the molecule is C[C@H](O)CC(=O)N[C@H](C)C(=O)NCCCCCn1cc(CCC(=O)N[C@H](Cc2cnc[nH]2)C(=O)NCC(=O)N[C@H](Cc2cnc[nH]2)C(N)=O)nn1. The molecule has 0 aromatic carbocycles. The molecular formula is C31H47N13O7. The lowest BCUT2D eigenvalue weighted by Gasteiger charge is -2.19. The van der Waals surface area contributed by atoms with E-state index in [2.05, 4.69) is 56.8 Å². The lowest BCUT2D eigenvalue weighted by atomic mass is 10.1. The van der Waals surface area contributed by atoms with Crippen LogP contribution in [0.25, 0.3) is 0 Å². The first-order valence-electron chi connectivity index (χ1n) is 16.6. The maximum atomic E-state index is 13.0. The maximum Gasteiger partial charge on any atom is 0.243 e. The quantitative estimate of drug-likeness (QED) is 0.0455. The molecule has 3 aromatic rings. The zero-order valence-electron chi connectivity index (χ0n) is 28.7. The van der Waals surface area contributed by atoms with Crippen molar-refractivity contribution in [3.05, 3.63) is 48.3 Å². The zero-order chi connectivity index (χ0) is 37.2. The second-order valence-electron chi connectivity index (χ2n) is 12.1. The summed E-state index contributed by atoms with van der Waals surface area (Å²) in [4.78, 5) is 87.6. The molecule has 3 heterocycles. The van der Waals surface area contributed by atoms with Crippen LogP contribution in [0.4, 0.5) is 0 Å². The van der Waals surface area contributed by atoms with Crippen LogP contribution >= 0.6 is 0 Å². The Morgan fingerprint density at radius 2 is 1.51 bits per heavy atom. The number of aromatic nitrogens is 7. The van der Waals surface area contributed by atoms with E-state index in [0.717, 1.165) is 19.3 Å². The van der Waals surface area contributed by atoms with Crippen LogP contribution in [0.1, 0.15) is 63.0 Å². The molecule has 0 fully saturated rings. The van der Waals surface area contributed by atoms with E-state index in [1.807, 2.05) is 0 Å². The molecule has 20 heteroatoms. The van der Waals surface area contributed by atoms with Crippen molar-refractivity contribution in [2.45, 2.75) is 96.0 Å². The van der Waals surface area contributed by atoms with Crippen LogP contribution in [-0.4, -0.2) is 113 Å². The normalized spacial score (nSPS) is 13.3. The number of carbonyl (C=O) groups excluding carboxylic acids is 6. The van der Waals surface area contributed by atoms with Gasteiger partial charge in [-0.2, -0.15) is 0 Å². The van der Waals surface area contributed by atoms with E-state index >= 15 is 0 Å². The first-order chi connectivity index (χ1) is 24.4. The molecule has 0 saturated heterocycles. The van der Waals surface area contributed by atoms with Crippen LogP contribution < -0.4 is 32.3 Å². The summed E-state index contributed by atoms with van der Waals surface area (Å²) in [6.45, 7) is 3.66. The van der Waals surface area contributed by atoms with Gasteiger partial charge in [-0.25, -0.2) is 9.97 Å². The largest absolute Gasteiger partial charge is 0.393 e. The van der Waals surface area contributed by atoms with Gasteiger partial charge in [-0.05, 0) is 33.1 Å². The van der Waals surface area contributed by atoms with Gasteiger partial charge >= 0.3 is 0 Å². The van der Waals surface area contributed by atoms with Gasteiger partial charge in [0.15, 0.2) is 0 Å². The number of aromatic amines is 2. The highest BCUT2D eigenvalue weighted by Crippen LogP contribution is 2.05. The number of rotatable bonds is 23. The second-order valence-corrected chi connectivity index (χ2v) is 12.1. The summed E-state index contributed by atoms with van der Waals surface area (Å²) in [5.74, 6) is -3.12. The molecule has 0 aliphatic carbocycles. The summed E-state index contributed by atoms with van der Waals surface area (Å²) < 4.78 is 1.67. The van der Waals surface area contributed by atoms with Crippen molar-refractivity contribution in [3.8, 4) is 0 Å². The molecule has 0 radical (unpaired) electrons. The number of hydrogen-bond acceptors (Lipinski definition) is 11. The van der Waals surface area contributed by atoms with E-state index in [9.17, 15) is 33.9 Å². The topological polar surface area (TPSA) is 297 Å². The summed E-state index contributed by atoms with van der Waals surface area (Å²) >= 11 is 0. The van der Waals surface area contributed by atoms with Gasteiger partial charge in [0.2, 0.25) is 35.4 Å². The number of imidazole rings is 2. The summed E-state index contributed by atoms with van der Waals surface area (Å²) in [5.41, 5.74) is 7.19. The van der Waals surface area contributed by atoms with E-state index in [1.165, 1.54) is 32.0 Å². The molecule has 0 spiro atoms. The molecule has 6 amide bonds. The Labute approximate surface area is 293 Å². The predicted octanol–water partition coefficient (Wildman–Crippen LogP) is -2.72. The first kappa shape index (κ1) is 39.8. The van der Waals surface area contributed by atoms with Gasteiger partial charge in [0.05, 0.1) is 37.4 Å². The first-order valence-corrected chi connectivity index (χ1v) is 16.6. The number of aliphatic hydroxyl groups excluding tert-OH is 1. The summed E-state index contributed by atoms with van der Waals surface area (Å²) in [7, 11) is 0. The Bertz CT molecular complexity index is 1560. The highest BCUT2D eigenvalue weighted by molar-refractivity contribution is 5.92. The third-order valence-corrected chi connectivity index (χ3v) is 7.52. The number of amides is 6. The van der Waals surface area contributed by atoms with Gasteiger partial charge in [0.1, 0.15) is 18.1 Å². The fourth-order valence-corrected chi connectivity index (χ4v) is 4.85. The molecule has 4 atom stereocenters. The number of aryl methyl sites for hydroxylation is 2. The summed E-state index contributed by atoms with van der Waals surface area (Å²) in [6, 6.07) is -2.75. The van der Waals surface area contributed by atoms with Crippen molar-refractivity contribution in [2.24, 2.45) is 5.73 Å². The maximum absolute atomic E-state index is 13.0. The third-order valence-electron chi connectivity index (χ3n) is 7.52. The van der Waals surface area contributed by atoms with Crippen molar-refractivity contribution in [2.75, 3.05) is 13.1 Å². The fraction of sp³-hybridized carbons (Fsp3) is 0.548. The predicted molar refractivity (Wildman–Crippen MR) is 180 cm³/mol. The second kappa shape index (κ2) is 20.8. The van der Waals surface area contributed by atoms with Gasteiger partial charge in [0, 0.05) is 68.8 Å². The van der Waals surface area contributed by atoms with Crippen molar-refractivity contribution in [3.63, 3.8) is 0 Å². The highest BCUT2D eigenvalue weighted by atomic mass is 16.3. The number of primary amides is 1. The molecule has 0 aliphatic rings. The molecule has 51 heavy (non-hydrogen) atoms. The fourth-order valence-electron chi connectivity index (χ4n) is 4.85. The lowest BCUT2D eigenvalue weighted by molar-refractivity contribution is -0.131. The van der Waals surface area contributed by atoms with Crippen LogP contribution in [0, 0.1) is 0 Å². The Hall–Kier alpha value is -5.66. The van der Waals surface area contributed by atoms with Gasteiger partial charge in [0.25, 0.3) is 0 Å². The molecule has 0 aliphatic heterocycles. The van der Waals surface area contributed by atoms with Crippen molar-refractivity contribution in [1.29, 1.82) is 0 Å². The van der Waals surface area contributed by atoms with Crippen LogP contribution in [0.3, 0.4) is 0 Å². The molecular weight excluding hydrogens is 666 g/mol. The van der Waals surface area contributed by atoms with E-state index in [-0.39, 0.29) is 38.0 Å². The Morgan fingerprint density at radius 3 is 2.14 bits per heavy atom. The van der Waals surface area contributed by atoms with Crippen molar-refractivity contribution in [1.82, 2.24) is 61.5 Å². The number of nitrogens with zero attached hydrogens (tertiary/aromatic N) is 5. The Kier molecular flexibility index (Phi) is 16.2. The number of hydrogen-bond donors (Lipinski definition) is 9. The minimum atomic E-state index is -1.03. The average molecular weight is 714 g/mol. The standard InChI is InChI=1S/C31H47N13O7/c1-19(45)10-27(47)39-20(2)30(50)35-8-4-3-5-9-44-16-21(42-43-44)6-7-26(46)41-25(12-23-14-34-18-38-23)31(51)36-15-28(48)40-24(29(32)49)11-22-13-33-17-37-22/h13-14,16-20,24-25,45H,3-12,15H2,1-2H3,(H2,32,49)(H,33,37)(H,34,38)(H,35,50)(H,36,51)(H,39,47)(H,40,48)(H,41,46)/t19-,20+,24+,25+/m0/s1. The molecule has 0 bridgehead atoms. The number of carbonyl (C=O) groups is 6. The third kappa shape index (κ3) is 15.2. The molecule has 3 aromatic heterocycles. The van der Waals surface area contributed by atoms with E-state index < -0.39 is 60.3 Å². The van der Waals surface area contributed by atoms with Gasteiger partial charge in [-0.15, -0.1) is 5.10 Å². The van der Waals surface area contributed by atoms with Crippen LogP contribution in [-0.2, 0) is 54.6 Å². The van der Waals surface area contributed by atoms with E-state index in [0.29, 0.717) is 30.2 Å². The smallest absolute Gasteiger partial charge is 0.243 e. The average Bonchev–Trinajstić information content (AvgIpc) is 3.87. The van der Waals surface area contributed by atoms with Gasteiger partial charge < -0.3 is 47.4 Å². The van der Waals surface area contributed by atoms with Gasteiger partial charge in [-0.1, -0.05) is 5.21 Å². The lowest BCUT2D eigenvalue weighted by Crippen LogP contribution is -2.52. The molecule has 20 nitrogen and oxygen atoms in total. The summed E-state index contributed by atoms with van der Waals surface area (Å²) in [5, 5.41) is 30.5. The minimum Gasteiger partial charge on any atom is -0.393 e. The monoisotopic (exact) mass is 713 g/mol. The summed E-state index contributed by atoms with van der Waals surface area (Å²) in [6.07, 6.45) is 9.57. The Balaban J connectivity index is 1.38. The molecule has 0 saturated carbocycles. The molecule has 3 rings (SSSR count). The van der Waals surface area contributed by atoms with Crippen LogP contribution in [0.2, 0.25) is 0 Å². The molecule has 10 N–H and O–H groups in total.